The van der Waals surface area contributed by atoms with Gasteiger partial charge in [-0.2, -0.15) is 0 Å². The molecule has 2 heteroatoms. The molecule has 0 aliphatic carbocycles. The molecule has 0 aliphatic heterocycles. The van der Waals surface area contributed by atoms with Crippen molar-refractivity contribution in [1.82, 2.24) is 0 Å². The molecule has 3 rings (SSSR count). The van der Waals surface area contributed by atoms with E-state index in [0.29, 0.717) is 0 Å². The van der Waals surface area contributed by atoms with Gasteiger partial charge in [-0.05, 0) is 16.7 Å². The fourth-order valence-corrected chi connectivity index (χ4v) is 3.22. The minimum Gasteiger partial charge on any atom is -0.149 e. The quantitative estimate of drug-likeness (QED) is 0.572. The van der Waals surface area contributed by atoms with Crippen LogP contribution < -0.4 is 0 Å². The second-order valence-corrected chi connectivity index (χ2v) is 5.72. The number of nitrogens with zero attached hydrogens (tertiary/aromatic N) is 1. The highest BCUT2D eigenvalue weighted by molar-refractivity contribution is 5.44. The van der Waals surface area contributed by atoms with Crippen molar-refractivity contribution in [2.75, 3.05) is 0 Å². The summed E-state index contributed by atoms with van der Waals surface area (Å²) < 4.78 is 0. The van der Waals surface area contributed by atoms with Crippen LogP contribution in [0.15, 0.2) is 96.2 Å². The predicted molar refractivity (Wildman–Crippen MR) is 94.3 cm³/mol. The minimum atomic E-state index is -0.941. The zero-order valence-electron chi connectivity index (χ0n) is 13.1. The Morgan fingerprint density at radius 3 is 1.48 bits per heavy atom. The van der Waals surface area contributed by atoms with Crippen LogP contribution in [0.1, 0.15) is 29.5 Å². The van der Waals surface area contributed by atoms with Crippen molar-refractivity contribution in [3.8, 4) is 0 Å². The van der Waals surface area contributed by atoms with Gasteiger partial charge in [0.25, 0.3) is 0 Å². The lowest BCUT2D eigenvalue weighted by Gasteiger charge is -2.34. The van der Waals surface area contributed by atoms with Crippen LogP contribution in [0.4, 0.5) is 0 Å². The first-order valence-corrected chi connectivity index (χ1v) is 7.79. The van der Waals surface area contributed by atoms with Crippen LogP contribution in [0.25, 0.3) is 0 Å². The van der Waals surface area contributed by atoms with Gasteiger partial charge in [-0.1, -0.05) is 103 Å². The Hall–Kier alpha value is -2.74. The van der Waals surface area contributed by atoms with E-state index in [9.17, 15) is 4.91 Å². The van der Waals surface area contributed by atoms with E-state index >= 15 is 0 Å². The molecule has 0 aliphatic rings. The van der Waals surface area contributed by atoms with Crippen LogP contribution >= 0.6 is 0 Å². The fourth-order valence-electron chi connectivity index (χ4n) is 3.22. The molecule has 1 atom stereocenters. The average molecular weight is 301 g/mol. The van der Waals surface area contributed by atoms with Gasteiger partial charge < -0.3 is 0 Å². The van der Waals surface area contributed by atoms with Gasteiger partial charge in [-0.3, -0.25) is 0 Å². The number of hydrogen-bond acceptors (Lipinski definition) is 2. The summed E-state index contributed by atoms with van der Waals surface area (Å²) in [6.07, 6.45) is 0. The largest absolute Gasteiger partial charge is 0.159 e. The summed E-state index contributed by atoms with van der Waals surface area (Å²) in [5.41, 5.74) is 1.99. The van der Waals surface area contributed by atoms with E-state index in [2.05, 4.69) is 24.2 Å². The molecule has 0 heterocycles. The Morgan fingerprint density at radius 1 is 0.696 bits per heavy atom. The first-order chi connectivity index (χ1) is 11.3. The molecule has 114 valence electrons. The predicted octanol–water partition coefficient (Wildman–Crippen LogP) is 5.50. The Balaban J connectivity index is 2.23. The first-order valence-electron chi connectivity index (χ1n) is 7.79. The smallest absolute Gasteiger partial charge is 0.149 e. The number of nitroso groups, excluding NO2 is 1. The molecular formula is C21H19NO. The van der Waals surface area contributed by atoms with Crippen molar-refractivity contribution < 1.29 is 0 Å². The van der Waals surface area contributed by atoms with Gasteiger partial charge in [0.15, 0.2) is 5.54 Å². The zero-order valence-corrected chi connectivity index (χ0v) is 13.1. The van der Waals surface area contributed by atoms with E-state index in [1.807, 2.05) is 78.9 Å². The molecule has 0 radical (unpaired) electrons. The van der Waals surface area contributed by atoms with Crippen LogP contribution in [0.5, 0.6) is 0 Å². The van der Waals surface area contributed by atoms with Gasteiger partial charge in [-0.15, -0.1) is 4.91 Å². The molecule has 0 amide bonds. The third-order valence-corrected chi connectivity index (χ3v) is 4.50. The summed E-state index contributed by atoms with van der Waals surface area (Å²) in [5.74, 6) is -0.0778. The molecule has 0 unspecified atom stereocenters. The van der Waals surface area contributed by atoms with E-state index in [0.717, 1.165) is 16.7 Å². The Labute approximate surface area is 136 Å². The summed E-state index contributed by atoms with van der Waals surface area (Å²) in [7, 11) is 0. The number of benzene rings is 3. The lowest BCUT2D eigenvalue weighted by molar-refractivity contribution is 0.448. The van der Waals surface area contributed by atoms with Crippen molar-refractivity contribution in [1.29, 1.82) is 0 Å². The van der Waals surface area contributed by atoms with Crippen molar-refractivity contribution >= 4 is 0 Å². The molecular weight excluding hydrogens is 282 g/mol. The third kappa shape index (κ3) is 2.68. The van der Waals surface area contributed by atoms with E-state index in [1.165, 1.54) is 0 Å². The van der Waals surface area contributed by atoms with E-state index in [4.69, 9.17) is 0 Å². The maximum Gasteiger partial charge on any atom is 0.159 e. The monoisotopic (exact) mass is 301 g/mol. The highest BCUT2D eigenvalue weighted by Crippen LogP contribution is 2.45. The highest BCUT2D eigenvalue weighted by atomic mass is 16.3. The molecule has 0 bridgehead atoms. The van der Waals surface area contributed by atoms with E-state index in [1.54, 1.807) is 0 Å². The Morgan fingerprint density at radius 2 is 1.09 bits per heavy atom. The maximum absolute atomic E-state index is 12.2. The van der Waals surface area contributed by atoms with Gasteiger partial charge in [0.1, 0.15) is 0 Å². The minimum absolute atomic E-state index is 0.0778. The summed E-state index contributed by atoms with van der Waals surface area (Å²) in [6.45, 7) is 2.07. The zero-order chi connectivity index (χ0) is 16.1. The second kappa shape index (κ2) is 6.57. The topological polar surface area (TPSA) is 29.4 Å². The normalized spacial score (nSPS) is 12.6. The lowest BCUT2D eigenvalue weighted by Crippen LogP contribution is -2.31. The van der Waals surface area contributed by atoms with Gasteiger partial charge in [0.05, 0.1) is 0 Å². The summed E-state index contributed by atoms with van der Waals surface area (Å²) >= 11 is 0. The van der Waals surface area contributed by atoms with Crippen molar-refractivity contribution in [2.45, 2.75) is 18.4 Å². The maximum atomic E-state index is 12.2. The summed E-state index contributed by atoms with van der Waals surface area (Å²) in [4.78, 5) is 12.2. The van der Waals surface area contributed by atoms with Crippen LogP contribution in [-0.4, -0.2) is 0 Å². The number of rotatable bonds is 5. The standard InChI is InChI=1S/C21H19NO/c1-17(18-11-5-2-6-12-18)21(22-23,19-13-7-3-8-14-19)20-15-9-4-10-16-20/h2-17H,1H3/t17-/m0/s1. The Kier molecular flexibility index (Phi) is 4.33. The Bertz CT molecular complexity index is 714. The van der Waals surface area contributed by atoms with E-state index in [-0.39, 0.29) is 5.92 Å². The highest BCUT2D eigenvalue weighted by Gasteiger charge is 2.42. The molecule has 0 fully saturated rings. The van der Waals surface area contributed by atoms with Crippen molar-refractivity contribution in [3.05, 3.63) is 113 Å². The lowest BCUT2D eigenvalue weighted by atomic mass is 9.72. The van der Waals surface area contributed by atoms with Gasteiger partial charge in [0.2, 0.25) is 0 Å². The summed E-state index contributed by atoms with van der Waals surface area (Å²) in [5, 5.41) is 3.69. The van der Waals surface area contributed by atoms with Crippen LogP contribution in [0, 0.1) is 4.91 Å². The molecule has 23 heavy (non-hydrogen) atoms. The molecule has 0 saturated carbocycles. The van der Waals surface area contributed by atoms with Crippen LogP contribution in [0.2, 0.25) is 0 Å². The average Bonchev–Trinajstić information content (AvgIpc) is 2.65. The fraction of sp³-hybridized carbons (Fsp3) is 0.143. The first kappa shape index (κ1) is 15.2. The van der Waals surface area contributed by atoms with Gasteiger partial charge >= 0.3 is 0 Å². The SMILES string of the molecule is C[C@@H](c1ccccc1)C(N=O)(c1ccccc1)c1ccccc1. The molecule has 3 aromatic rings. The second-order valence-electron chi connectivity index (χ2n) is 5.72. The van der Waals surface area contributed by atoms with E-state index < -0.39 is 5.54 Å². The van der Waals surface area contributed by atoms with Crippen LogP contribution in [-0.2, 0) is 5.54 Å². The van der Waals surface area contributed by atoms with Gasteiger partial charge in [-0.25, -0.2) is 0 Å². The van der Waals surface area contributed by atoms with Crippen LogP contribution in [0.3, 0.4) is 0 Å². The number of hydrogen-bond donors (Lipinski definition) is 0. The van der Waals surface area contributed by atoms with Gasteiger partial charge in [0, 0.05) is 5.92 Å². The third-order valence-electron chi connectivity index (χ3n) is 4.50. The molecule has 0 spiro atoms. The molecule has 0 aromatic heterocycles. The molecule has 0 N–H and O–H groups in total. The molecule has 2 nitrogen and oxygen atoms in total. The molecule has 3 aromatic carbocycles. The molecule has 0 saturated heterocycles. The summed E-state index contributed by atoms with van der Waals surface area (Å²) in [6, 6.07) is 29.7. The van der Waals surface area contributed by atoms with Crippen molar-refractivity contribution in [2.24, 2.45) is 5.18 Å². The van der Waals surface area contributed by atoms with Crippen molar-refractivity contribution in [3.63, 3.8) is 0 Å².